The fourth-order valence-electron chi connectivity index (χ4n) is 3.45. The normalized spacial score (nSPS) is 14.1. The molecule has 0 rings (SSSR count). The van der Waals surface area contributed by atoms with Gasteiger partial charge in [-0.05, 0) is 44.7 Å². The average molecular weight is 328 g/mol. The van der Waals surface area contributed by atoms with Crippen molar-refractivity contribution in [2.45, 2.75) is 109 Å². The third kappa shape index (κ3) is 15.2. The van der Waals surface area contributed by atoms with E-state index in [9.17, 15) is 0 Å². The molecule has 0 radical (unpaired) electrons. The molecule has 0 aliphatic carbocycles. The van der Waals surface area contributed by atoms with E-state index in [1.54, 1.807) is 0 Å². The SMILES string of the molecule is CCCCCCCCCCCCCC(CCCN)C(N)CCN. The van der Waals surface area contributed by atoms with Crippen molar-refractivity contribution < 1.29 is 0 Å². The molecule has 2 unspecified atom stereocenters. The van der Waals surface area contributed by atoms with Crippen molar-refractivity contribution in [3.63, 3.8) is 0 Å². The third-order valence-electron chi connectivity index (χ3n) is 5.06. The molecule has 140 valence electrons. The van der Waals surface area contributed by atoms with E-state index < -0.39 is 0 Å². The third-order valence-corrected chi connectivity index (χ3v) is 5.06. The van der Waals surface area contributed by atoms with E-state index in [2.05, 4.69) is 6.92 Å². The van der Waals surface area contributed by atoms with E-state index in [-0.39, 0.29) is 6.04 Å². The molecule has 2 atom stereocenters. The first-order chi connectivity index (χ1) is 11.3. The van der Waals surface area contributed by atoms with Crippen LogP contribution >= 0.6 is 0 Å². The Hall–Kier alpha value is -0.120. The minimum Gasteiger partial charge on any atom is -0.330 e. The lowest BCUT2D eigenvalue weighted by Crippen LogP contribution is -2.32. The van der Waals surface area contributed by atoms with Gasteiger partial charge in [-0.3, -0.25) is 0 Å². The van der Waals surface area contributed by atoms with Gasteiger partial charge in [0.25, 0.3) is 0 Å². The molecule has 0 aromatic heterocycles. The molecule has 0 fully saturated rings. The first-order valence-electron chi connectivity index (χ1n) is 10.4. The minimum atomic E-state index is 0.273. The van der Waals surface area contributed by atoms with Crippen molar-refractivity contribution in [3.05, 3.63) is 0 Å². The lowest BCUT2D eigenvalue weighted by atomic mass is 9.88. The number of hydrogen-bond donors (Lipinski definition) is 3. The summed E-state index contributed by atoms with van der Waals surface area (Å²) in [7, 11) is 0. The topological polar surface area (TPSA) is 78.1 Å². The van der Waals surface area contributed by atoms with Crippen LogP contribution in [-0.4, -0.2) is 19.1 Å². The second kappa shape index (κ2) is 18.2. The summed E-state index contributed by atoms with van der Waals surface area (Å²) in [4.78, 5) is 0. The highest BCUT2D eigenvalue weighted by Gasteiger charge is 2.16. The van der Waals surface area contributed by atoms with Crippen LogP contribution in [0.5, 0.6) is 0 Å². The fourth-order valence-corrected chi connectivity index (χ4v) is 3.45. The molecule has 0 saturated heterocycles. The monoisotopic (exact) mass is 327 g/mol. The van der Waals surface area contributed by atoms with Crippen LogP contribution < -0.4 is 17.2 Å². The van der Waals surface area contributed by atoms with Crippen molar-refractivity contribution in [2.24, 2.45) is 23.1 Å². The molecule has 3 nitrogen and oxygen atoms in total. The maximum Gasteiger partial charge on any atom is 0.00791 e. The predicted molar refractivity (Wildman–Crippen MR) is 105 cm³/mol. The van der Waals surface area contributed by atoms with Crippen molar-refractivity contribution in [2.75, 3.05) is 13.1 Å². The second-order valence-electron chi connectivity index (χ2n) is 7.26. The fraction of sp³-hybridized carbons (Fsp3) is 1.00. The first-order valence-corrected chi connectivity index (χ1v) is 10.4. The van der Waals surface area contributed by atoms with Gasteiger partial charge >= 0.3 is 0 Å². The van der Waals surface area contributed by atoms with Gasteiger partial charge in [0, 0.05) is 6.04 Å². The van der Waals surface area contributed by atoms with Gasteiger partial charge in [0.1, 0.15) is 0 Å². The lowest BCUT2D eigenvalue weighted by molar-refractivity contribution is 0.337. The summed E-state index contributed by atoms with van der Waals surface area (Å²) < 4.78 is 0. The predicted octanol–water partition coefficient (Wildman–Crippen LogP) is 4.72. The summed E-state index contributed by atoms with van der Waals surface area (Å²) in [6.07, 6.45) is 19.9. The van der Waals surface area contributed by atoms with Crippen molar-refractivity contribution in [3.8, 4) is 0 Å². The summed E-state index contributed by atoms with van der Waals surface area (Å²) in [6.45, 7) is 3.77. The number of unbranched alkanes of at least 4 members (excludes halogenated alkanes) is 10. The van der Waals surface area contributed by atoms with Gasteiger partial charge in [-0.2, -0.15) is 0 Å². The molecule has 0 aromatic rings. The zero-order chi connectivity index (χ0) is 17.2. The van der Waals surface area contributed by atoms with E-state index in [1.165, 1.54) is 83.5 Å². The summed E-state index contributed by atoms with van der Waals surface area (Å²) in [5.74, 6) is 0.626. The molecular formula is C20H45N3. The van der Waals surface area contributed by atoms with Gasteiger partial charge in [0.2, 0.25) is 0 Å². The van der Waals surface area contributed by atoms with Crippen LogP contribution in [0.25, 0.3) is 0 Å². The van der Waals surface area contributed by atoms with E-state index in [4.69, 9.17) is 17.2 Å². The van der Waals surface area contributed by atoms with Crippen molar-refractivity contribution >= 4 is 0 Å². The maximum atomic E-state index is 6.28. The van der Waals surface area contributed by atoms with Crippen LogP contribution in [0.4, 0.5) is 0 Å². The molecular weight excluding hydrogens is 282 g/mol. The van der Waals surface area contributed by atoms with Gasteiger partial charge in [0.15, 0.2) is 0 Å². The standard InChI is InChI=1S/C20H45N3/c1-2-3-4-5-6-7-8-9-10-11-12-14-19(15-13-17-21)20(23)16-18-22/h19-20H,2-18,21-23H2,1H3. The molecule has 0 aliphatic heterocycles. The van der Waals surface area contributed by atoms with Crippen molar-refractivity contribution in [1.82, 2.24) is 0 Å². The Morgan fingerprint density at radius 1 is 0.565 bits per heavy atom. The zero-order valence-electron chi connectivity index (χ0n) is 15.9. The Balaban J connectivity index is 3.50. The highest BCUT2D eigenvalue weighted by Crippen LogP contribution is 2.21. The second-order valence-corrected chi connectivity index (χ2v) is 7.26. The van der Waals surface area contributed by atoms with Gasteiger partial charge < -0.3 is 17.2 Å². The molecule has 0 heterocycles. The zero-order valence-corrected chi connectivity index (χ0v) is 15.9. The highest BCUT2D eigenvalue weighted by atomic mass is 14.7. The van der Waals surface area contributed by atoms with E-state index in [1.807, 2.05) is 0 Å². The molecule has 0 spiro atoms. The molecule has 0 amide bonds. The molecule has 0 bridgehead atoms. The van der Waals surface area contributed by atoms with Crippen LogP contribution in [-0.2, 0) is 0 Å². The van der Waals surface area contributed by atoms with E-state index in [0.29, 0.717) is 12.5 Å². The molecule has 23 heavy (non-hydrogen) atoms. The summed E-state index contributed by atoms with van der Waals surface area (Å²) in [5.41, 5.74) is 17.6. The van der Waals surface area contributed by atoms with Gasteiger partial charge in [-0.1, -0.05) is 77.6 Å². The van der Waals surface area contributed by atoms with E-state index in [0.717, 1.165) is 19.4 Å². The van der Waals surface area contributed by atoms with Crippen LogP contribution in [0.3, 0.4) is 0 Å². The number of rotatable bonds is 18. The van der Waals surface area contributed by atoms with Crippen LogP contribution in [0, 0.1) is 5.92 Å². The first kappa shape index (κ1) is 22.9. The highest BCUT2D eigenvalue weighted by molar-refractivity contribution is 4.74. The molecule has 6 N–H and O–H groups in total. The number of nitrogens with two attached hydrogens (primary N) is 3. The van der Waals surface area contributed by atoms with Crippen LogP contribution in [0.15, 0.2) is 0 Å². The van der Waals surface area contributed by atoms with Gasteiger partial charge in [-0.25, -0.2) is 0 Å². The average Bonchev–Trinajstić information content (AvgIpc) is 2.55. The van der Waals surface area contributed by atoms with E-state index >= 15 is 0 Å². The Bertz CT molecular complexity index is 221. The molecule has 3 heteroatoms. The molecule has 0 aromatic carbocycles. The minimum absolute atomic E-state index is 0.273. The maximum absolute atomic E-state index is 6.28. The quantitative estimate of drug-likeness (QED) is 0.319. The molecule has 0 aliphatic rings. The molecule has 0 saturated carbocycles. The van der Waals surface area contributed by atoms with Gasteiger partial charge in [0.05, 0.1) is 0 Å². The largest absolute Gasteiger partial charge is 0.330 e. The van der Waals surface area contributed by atoms with Crippen molar-refractivity contribution in [1.29, 1.82) is 0 Å². The Morgan fingerprint density at radius 2 is 1.04 bits per heavy atom. The summed E-state index contributed by atoms with van der Waals surface area (Å²) >= 11 is 0. The number of hydrogen-bond acceptors (Lipinski definition) is 3. The lowest BCUT2D eigenvalue weighted by Gasteiger charge is -2.23. The van der Waals surface area contributed by atoms with Crippen LogP contribution in [0.1, 0.15) is 103 Å². The summed E-state index contributed by atoms with van der Waals surface area (Å²) in [6, 6.07) is 0.273. The van der Waals surface area contributed by atoms with Crippen LogP contribution in [0.2, 0.25) is 0 Å². The Kier molecular flexibility index (Phi) is 18.1. The van der Waals surface area contributed by atoms with Gasteiger partial charge in [-0.15, -0.1) is 0 Å². The Morgan fingerprint density at radius 3 is 1.52 bits per heavy atom. The smallest absolute Gasteiger partial charge is 0.00791 e. The summed E-state index contributed by atoms with van der Waals surface area (Å²) in [5, 5.41) is 0. The Labute approximate surface area is 146 Å².